The Morgan fingerprint density at radius 3 is 1.18 bits per heavy atom. The summed E-state index contributed by atoms with van der Waals surface area (Å²) in [6.07, 6.45) is 7.06. The zero-order chi connectivity index (χ0) is 34.6. The molecule has 2 nitrogen and oxygen atoms in total. The van der Waals surface area contributed by atoms with Gasteiger partial charge >= 0.3 is 0 Å². The van der Waals surface area contributed by atoms with Crippen molar-refractivity contribution in [2.75, 3.05) is 28.6 Å². The molecule has 0 aliphatic carbocycles. The Morgan fingerprint density at radius 1 is 0.400 bits per heavy atom. The van der Waals surface area contributed by atoms with Crippen LogP contribution in [0.15, 0.2) is 163 Å². The van der Waals surface area contributed by atoms with Crippen LogP contribution in [0.1, 0.15) is 26.3 Å². The second-order valence-corrected chi connectivity index (χ2v) is 19.2. The second-order valence-electron chi connectivity index (χ2n) is 15.1. The lowest BCUT2D eigenvalue weighted by Crippen LogP contribution is -2.13. The number of nitrogens with zero attached hydrogens (tertiary/aromatic N) is 2. The molecule has 0 aromatic heterocycles. The van der Waals surface area contributed by atoms with Crippen molar-refractivity contribution in [2.45, 2.75) is 31.1 Å². The highest BCUT2D eigenvalue weighted by Crippen LogP contribution is 2.49. The van der Waals surface area contributed by atoms with E-state index in [0.717, 1.165) is 22.7 Å². The molecule has 0 atom stereocenters. The van der Waals surface area contributed by atoms with E-state index in [1.165, 1.54) is 54.2 Å². The van der Waals surface area contributed by atoms with Crippen molar-refractivity contribution in [1.29, 1.82) is 0 Å². The Kier molecular flexibility index (Phi) is 7.84. The molecular formula is C47H44N2S. The van der Waals surface area contributed by atoms with Gasteiger partial charge in [0, 0.05) is 33.5 Å². The molecule has 0 N–H and O–H groups in total. The molecule has 50 heavy (non-hydrogen) atoms. The lowest BCUT2D eigenvalue weighted by Gasteiger charge is -2.30. The Balaban J connectivity index is 1.36. The first kappa shape index (κ1) is 32.0. The lowest BCUT2D eigenvalue weighted by atomic mass is 9.87. The van der Waals surface area contributed by atoms with Crippen LogP contribution in [0.5, 0.6) is 0 Å². The molecule has 0 aliphatic heterocycles. The van der Waals surface area contributed by atoms with Crippen LogP contribution in [-0.4, -0.2) is 18.8 Å². The molecule has 0 saturated carbocycles. The highest BCUT2D eigenvalue weighted by Gasteiger charge is 2.22. The van der Waals surface area contributed by atoms with Crippen LogP contribution < -0.4 is 9.80 Å². The minimum atomic E-state index is -0.827. The highest BCUT2D eigenvalue weighted by molar-refractivity contribution is 8.32. The maximum Gasteiger partial charge on any atom is 0.0540 e. The number of para-hydroxylation sites is 2. The molecule has 0 saturated heterocycles. The molecule has 0 bridgehead atoms. The largest absolute Gasteiger partial charge is 0.310 e. The predicted molar refractivity (Wildman–Crippen MR) is 222 cm³/mol. The third-order valence-corrected chi connectivity index (χ3v) is 11.6. The number of hydrogen-bond donors (Lipinski definition) is 0. The van der Waals surface area contributed by atoms with Gasteiger partial charge in [-0.2, -0.15) is 0 Å². The van der Waals surface area contributed by atoms with Crippen molar-refractivity contribution >= 4 is 76.5 Å². The molecule has 0 spiro atoms. The molecule has 8 aromatic rings. The third-order valence-electron chi connectivity index (χ3n) is 9.92. The molecule has 0 heterocycles. The van der Waals surface area contributed by atoms with E-state index >= 15 is 0 Å². The Morgan fingerprint density at radius 2 is 0.780 bits per heavy atom. The van der Waals surface area contributed by atoms with Crippen LogP contribution in [0, 0.1) is 0 Å². The average molecular weight is 669 g/mol. The normalized spacial score (nSPS) is 12.5. The maximum absolute atomic E-state index is 2.42. The quantitative estimate of drug-likeness (QED) is 0.156. The molecule has 0 unspecified atom stereocenters. The van der Waals surface area contributed by atoms with Gasteiger partial charge in [-0.15, -0.1) is 0 Å². The van der Waals surface area contributed by atoms with E-state index < -0.39 is 10.0 Å². The summed E-state index contributed by atoms with van der Waals surface area (Å²) >= 11 is 0. The van der Waals surface area contributed by atoms with Gasteiger partial charge in [0.25, 0.3) is 0 Å². The van der Waals surface area contributed by atoms with E-state index in [1.807, 2.05) is 0 Å². The van der Waals surface area contributed by atoms with E-state index in [9.17, 15) is 0 Å². The Bertz CT molecular complexity index is 2240. The first-order valence-electron chi connectivity index (χ1n) is 17.4. The van der Waals surface area contributed by atoms with Gasteiger partial charge in [0.15, 0.2) is 0 Å². The Hall–Kier alpha value is -5.25. The number of benzene rings is 8. The van der Waals surface area contributed by atoms with Gasteiger partial charge in [-0.3, -0.25) is 0 Å². The monoisotopic (exact) mass is 668 g/mol. The van der Waals surface area contributed by atoms with Gasteiger partial charge in [0.1, 0.15) is 0 Å². The van der Waals surface area contributed by atoms with Crippen molar-refractivity contribution < 1.29 is 0 Å². The topological polar surface area (TPSA) is 6.48 Å². The fourth-order valence-corrected chi connectivity index (χ4v) is 8.24. The van der Waals surface area contributed by atoms with Gasteiger partial charge in [-0.05, 0) is 129 Å². The summed E-state index contributed by atoms with van der Waals surface area (Å²) in [6, 6.07) is 58.3. The summed E-state index contributed by atoms with van der Waals surface area (Å²) in [4.78, 5) is 6.24. The van der Waals surface area contributed by atoms with E-state index in [2.05, 4.69) is 207 Å². The number of anilines is 6. The smallest absolute Gasteiger partial charge is 0.0540 e. The molecule has 3 heteroatoms. The van der Waals surface area contributed by atoms with Crippen LogP contribution >= 0.6 is 10.0 Å². The second kappa shape index (κ2) is 12.3. The summed E-state index contributed by atoms with van der Waals surface area (Å²) in [5.41, 5.74) is 8.36. The fourth-order valence-electron chi connectivity index (χ4n) is 7.28. The standard InChI is InChI=1S/C47H44N2S/c1-47(2,3)35-21-23-38(24-22-35)48(36-13-9-7-10-14-36)43-31-19-33-18-30-42-44(32-20-34-17-29-41(43)45(33)46(34)42)49(37-15-11-8-12-16-37)39-25-27-40(28-26-39)50(4,5)6/h7-32H,1-6H3. The zero-order valence-electron chi connectivity index (χ0n) is 29.8. The first-order chi connectivity index (χ1) is 24.1. The third kappa shape index (κ3) is 5.66. The van der Waals surface area contributed by atoms with E-state index in [-0.39, 0.29) is 5.41 Å². The minimum absolute atomic E-state index is 0.0874. The van der Waals surface area contributed by atoms with Gasteiger partial charge in [0.05, 0.1) is 11.4 Å². The van der Waals surface area contributed by atoms with E-state index in [4.69, 9.17) is 0 Å². The number of hydrogen-bond acceptors (Lipinski definition) is 2. The van der Waals surface area contributed by atoms with Gasteiger partial charge in [-0.25, -0.2) is 10.0 Å². The van der Waals surface area contributed by atoms with Crippen LogP contribution in [-0.2, 0) is 5.41 Å². The van der Waals surface area contributed by atoms with Crippen LogP contribution in [0.25, 0.3) is 32.3 Å². The van der Waals surface area contributed by atoms with Gasteiger partial charge < -0.3 is 9.80 Å². The molecule has 0 amide bonds. The van der Waals surface area contributed by atoms with Crippen LogP contribution in [0.4, 0.5) is 34.1 Å². The summed E-state index contributed by atoms with van der Waals surface area (Å²) < 4.78 is 0. The zero-order valence-corrected chi connectivity index (χ0v) is 30.6. The molecule has 8 aromatic carbocycles. The molecule has 8 rings (SSSR count). The van der Waals surface area contributed by atoms with Crippen molar-refractivity contribution in [3.63, 3.8) is 0 Å². The minimum Gasteiger partial charge on any atom is -0.310 e. The van der Waals surface area contributed by atoms with Crippen LogP contribution in [0.2, 0.25) is 0 Å². The Labute approximate surface area is 298 Å². The SMILES string of the molecule is CC(C)(C)c1ccc(N(c2ccccc2)c2ccc3ccc4c(N(c5ccccc5)c5ccc(S(C)(C)C)cc5)ccc5ccc2c3c54)cc1. The number of rotatable bonds is 7. The molecule has 0 fully saturated rings. The summed E-state index contributed by atoms with van der Waals surface area (Å²) in [5, 5.41) is 7.58. The molecule has 248 valence electrons. The van der Waals surface area contributed by atoms with Gasteiger partial charge in [0.2, 0.25) is 0 Å². The summed E-state index contributed by atoms with van der Waals surface area (Å²) in [7, 11) is -0.827. The van der Waals surface area contributed by atoms with E-state index in [0.29, 0.717) is 0 Å². The maximum atomic E-state index is 2.42. The first-order valence-corrected chi connectivity index (χ1v) is 20.2. The summed E-state index contributed by atoms with van der Waals surface area (Å²) in [5.74, 6) is 0. The van der Waals surface area contributed by atoms with Gasteiger partial charge in [-0.1, -0.05) is 106 Å². The lowest BCUT2D eigenvalue weighted by molar-refractivity contribution is 0.590. The van der Waals surface area contributed by atoms with E-state index in [1.54, 1.807) is 0 Å². The molecular weight excluding hydrogens is 625 g/mol. The van der Waals surface area contributed by atoms with Crippen LogP contribution in [0.3, 0.4) is 0 Å². The molecule has 0 radical (unpaired) electrons. The summed E-state index contributed by atoms with van der Waals surface area (Å²) in [6.45, 7) is 6.81. The van der Waals surface area contributed by atoms with Crippen molar-refractivity contribution in [2.24, 2.45) is 0 Å². The van der Waals surface area contributed by atoms with Crippen molar-refractivity contribution in [1.82, 2.24) is 0 Å². The molecule has 0 aliphatic rings. The predicted octanol–water partition coefficient (Wildman–Crippen LogP) is 13.9. The average Bonchev–Trinajstić information content (AvgIpc) is 3.12. The van der Waals surface area contributed by atoms with Crippen molar-refractivity contribution in [3.8, 4) is 0 Å². The fraction of sp³-hybridized carbons (Fsp3) is 0.149. The van der Waals surface area contributed by atoms with Crippen molar-refractivity contribution in [3.05, 3.63) is 163 Å². The highest BCUT2D eigenvalue weighted by atomic mass is 32.3.